The van der Waals surface area contributed by atoms with Gasteiger partial charge < -0.3 is 5.32 Å². The maximum absolute atomic E-state index is 13.9. The summed E-state index contributed by atoms with van der Waals surface area (Å²) in [5.41, 5.74) is 0.780. The minimum absolute atomic E-state index is 0.109. The second-order valence-electron chi connectivity index (χ2n) is 5.99. The van der Waals surface area contributed by atoms with Gasteiger partial charge in [-0.1, -0.05) is 36.7 Å². The van der Waals surface area contributed by atoms with E-state index in [9.17, 15) is 4.39 Å². The van der Waals surface area contributed by atoms with E-state index in [1.165, 1.54) is 0 Å². The molecule has 20 heavy (non-hydrogen) atoms. The lowest BCUT2D eigenvalue weighted by molar-refractivity contribution is 0.102. The van der Waals surface area contributed by atoms with Crippen molar-refractivity contribution in [3.8, 4) is 0 Å². The highest BCUT2D eigenvalue weighted by Gasteiger charge is 2.28. The number of nitrogens with zero attached hydrogens (tertiary/aromatic N) is 1. The fourth-order valence-electron chi connectivity index (χ4n) is 2.81. The average molecular weight is 343 g/mol. The lowest BCUT2D eigenvalue weighted by Gasteiger charge is -2.41. The Morgan fingerprint density at radius 1 is 1.45 bits per heavy atom. The van der Waals surface area contributed by atoms with Gasteiger partial charge in [0.05, 0.1) is 0 Å². The van der Waals surface area contributed by atoms with Crippen LogP contribution in [0.3, 0.4) is 0 Å². The molecule has 112 valence electrons. The Hall–Kier alpha value is -0.450. The van der Waals surface area contributed by atoms with E-state index >= 15 is 0 Å². The maximum Gasteiger partial charge on any atom is 0.127 e. The van der Waals surface area contributed by atoms with Crippen LogP contribution in [0.1, 0.15) is 32.8 Å². The third-order valence-corrected chi connectivity index (χ3v) is 4.71. The Bertz CT molecular complexity index is 450. The monoisotopic (exact) mass is 342 g/mol. The Kier molecular flexibility index (Phi) is 5.58. The van der Waals surface area contributed by atoms with E-state index in [4.69, 9.17) is 0 Å². The van der Waals surface area contributed by atoms with Crippen LogP contribution >= 0.6 is 15.9 Å². The summed E-state index contributed by atoms with van der Waals surface area (Å²) in [6.45, 7) is 9.35. The van der Waals surface area contributed by atoms with Gasteiger partial charge in [0.2, 0.25) is 0 Å². The summed E-state index contributed by atoms with van der Waals surface area (Å²) in [6, 6.07) is 6.18. The highest BCUT2D eigenvalue weighted by atomic mass is 79.9. The van der Waals surface area contributed by atoms with Gasteiger partial charge in [0.1, 0.15) is 5.82 Å². The van der Waals surface area contributed by atoms with Crippen molar-refractivity contribution in [2.45, 2.75) is 45.8 Å². The Balaban J connectivity index is 2.13. The Morgan fingerprint density at radius 2 is 2.20 bits per heavy atom. The molecule has 1 aromatic carbocycles. The van der Waals surface area contributed by atoms with Crippen LogP contribution in [0.4, 0.5) is 4.39 Å². The van der Waals surface area contributed by atoms with Crippen molar-refractivity contribution in [2.75, 3.05) is 13.1 Å². The topological polar surface area (TPSA) is 15.3 Å². The van der Waals surface area contributed by atoms with Crippen molar-refractivity contribution in [1.29, 1.82) is 0 Å². The first-order chi connectivity index (χ1) is 9.51. The molecule has 0 radical (unpaired) electrons. The largest absolute Gasteiger partial charge is 0.311 e. The highest BCUT2D eigenvalue weighted by Crippen LogP contribution is 2.21. The molecule has 2 rings (SSSR count). The minimum Gasteiger partial charge on any atom is -0.311 e. The number of hydrogen-bond acceptors (Lipinski definition) is 2. The lowest BCUT2D eigenvalue weighted by Crippen LogP contribution is -2.57. The van der Waals surface area contributed by atoms with Crippen LogP contribution in [0.15, 0.2) is 22.7 Å². The van der Waals surface area contributed by atoms with Crippen LogP contribution in [0.2, 0.25) is 0 Å². The molecule has 1 aromatic rings. The summed E-state index contributed by atoms with van der Waals surface area (Å²) in [5.74, 6) is 0.491. The number of rotatable bonds is 4. The molecule has 0 spiro atoms. The standard InChI is InChI=1S/C16H24BrFN2/c1-4-14-8-19-16(11(2)3)10-20(14)9-12-7-13(17)5-6-15(12)18/h5-7,11,14,16,19H,4,8-10H2,1-3H3. The predicted octanol–water partition coefficient (Wildman–Crippen LogP) is 3.80. The van der Waals surface area contributed by atoms with Crippen molar-refractivity contribution in [1.82, 2.24) is 10.2 Å². The van der Waals surface area contributed by atoms with Gasteiger partial charge >= 0.3 is 0 Å². The minimum atomic E-state index is -0.109. The normalized spacial score (nSPS) is 24.3. The van der Waals surface area contributed by atoms with Crippen molar-refractivity contribution in [3.05, 3.63) is 34.1 Å². The molecule has 2 unspecified atom stereocenters. The molecule has 1 N–H and O–H groups in total. The van der Waals surface area contributed by atoms with Gasteiger partial charge in [-0.3, -0.25) is 4.90 Å². The Labute approximate surface area is 129 Å². The second kappa shape index (κ2) is 7.01. The molecule has 4 heteroatoms. The maximum atomic E-state index is 13.9. The fraction of sp³-hybridized carbons (Fsp3) is 0.625. The van der Waals surface area contributed by atoms with Gasteiger partial charge in [0, 0.05) is 41.8 Å². The number of hydrogen-bond donors (Lipinski definition) is 1. The van der Waals surface area contributed by atoms with E-state index in [0.717, 1.165) is 29.5 Å². The first-order valence-electron chi connectivity index (χ1n) is 7.42. The molecule has 0 saturated carbocycles. The molecule has 1 aliphatic heterocycles. The van der Waals surface area contributed by atoms with Crippen molar-refractivity contribution in [3.63, 3.8) is 0 Å². The third kappa shape index (κ3) is 3.80. The van der Waals surface area contributed by atoms with Crippen LogP contribution < -0.4 is 5.32 Å². The molecular weight excluding hydrogens is 319 g/mol. The average Bonchev–Trinajstić information content (AvgIpc) is 2.42. The molecule has 1 fully saturated rings. The molecular formula is C16H24BrFN2. The van der Waals surface area contributed by atoms with Crippen LogP contribution in [0.25, 0.3) is 0 Å². The third-order valence-electron chi connectivity index (χ3n) is 4.22. The van der Waals surface area contributed by atoms with E-state index in [1.54, 1.807) is 12.1 Å². The predicted molar refractivity (Wildman–Crippen MR) is 85.2 cm³/mol. The zero-order valence-electron chi connectivity index (χ0n) is 12.5. The molecule has 1 aliphatic rings. The first-order valence-corrected chi connectivity index (χ1v) is 8.22. The van der Waals surface area contributed by atoms with E-state index in [1.807, 2.05) is 6.07 Å². The van der Waals surface area contributed by atoms with Gasteiger partial charge in [0.25, 0.3) is 0 Å². The zero-order valence-corrected chi connectivity index (χ0v) is 14.1. The van der Waals surface area contributed by atoms with E-state index < -0.39 is 0 Å². The molecule has 2 atom stereocenters. The van der Waals surface area contributed by atoms with Crippen LogP contribution in [0.5, 0.6) is 0 Å². The number of nitrogens with one attached hydrogen (secondary N) is 1. The summed E-state index contributed by atoms with van der Waals surface area (Å²) in [6.07, 6.45) is 1.09. The smallest absolute Gasteiger partial charge is 0.127 e. The molecule has 0 aliphatic carbocycles. The zero-order chi connectivity index (χ0) is 14.7. The van der Waals surface area contributed by atoms with Gasteiger partial charge in [0.15, 0.2) is 0 Å². The number of piperazine rings is 1. The van der Waals surface area contributed by atoms with E-state index in [2.05, 4.69) is 46.9 Å². The van der Waals surface area contributed by atoms with E-state index in [-0.39, 0.29) is 5.82 Å². The summed E-state index contributed by atoms with van der Waals surface area (Å²) >= 11 is 3.43. The molecule has 1 saturated heterocycles. The molecule has 2 nitrogen and oxygen atoms in total. The van der Waals surface area contributed by atoms with Crippen LogP contribution in [-0.4, -0.2) is 30.1 Å². The SMILES string of the molecule is CCC1CNC(C(C)C)CN1Cc1cc(Br)ccc1F. The lowest BCUT2D eigenvalue weighted by atomic mass is 9.98. The quantitative estimate of drug-likeness (QED) is 0.895. The van der Waals surface area contributed by atoms with Gasteiger partial charge in [-0.25, -0.2) is 4.39 Å². The second-order valence-corrected chi connectivity index (χ2v) is 6.90. The number of benzene rings is 1. The van der Waals surface area contributed by atoms with Crippen molar-refractivity contribution in [2.24, 2.45) is 5.92 Å². The summed E-state index contributed by atoms with van der Waals surface area (Å²) < 4.78 is 14.9. The van der Waals surface area contributed by atoms with Gasteiger partial charge in [-0.05, 0) is 30.5 Å². The fourth-order valence-corrected chi connectivity index (χ4v) is 3.22. The van der Waals surface area contributed by atoms with Gasteiger partial charge in [-0.15, -0.1) is 0 Å². The molecule has 0 amide bonds. The summed E-state index contributed by atoms with van der Waals surface area (Å²) in [4.78, 5) is 2.42. The summed E-state index contributed by atoms with van der Waals surface area (Å²) in [7, 11) is 0. The highest BCUT2D eigenvalue weighted by molar-refractivity contribution is 9.10. The molecule has 1 heterocycles. The molecule has 0 aromatic heterocycles. The number of halogens is 2. The van der Waals surface area contributed by atoms with E-state index in [0.29, 0.717) is 24.5 Å². The van der Waals surface area contributed by atoms with Gasteiger partial charge in [-0.2, -0.15) is 0 Å². The van der Waals surface area contributed by atoms with Crippen LogP contribution in [-0.2, 0) is 6.54 Å². The van der Waals surface area contributed by atoms with Crippen molar-refractivity contribution < 1.29 is 4.39 Å². The van der Waals surface area contributed by atoms with Crippen LogP contribution in [0, 0.1) is 11.7 Å². The first kappa shape index (κ1) is 15.9. The van der Waals surface area contributed by atoms with Crippen molar-refractivity contribution >= 4 is 15.9 Å². The Morgan fingerprint density at radius 3 is 2.85 bits per heavy atom. The molecule has 0 bridgehead atoms. The summed E-state index contributed by atoms with van der Waals surface area (Å²) in [5, 5.41) is 3.62.